The molecule has 1 aliphatic heterocycles. The average Bonchev–Trinajstić information content (AvgIpc) is 2.26. The molecule has 1 aromatic rings. The van der Waals surface area contributed by atoms with Crippen molar-refractivity contribution in [2.75, 3.05) is 24.5 Å². The summed E-state index contributed by atoms with van der Waals surface area (Å²) >= 11 is 0. The number of nitrogens with two attached hydrogens (primary N) is 1. The van der Waals surface area contributed by atoms with E-state index in [0.717, 1.165) is 31.9 Å². The van der Waals surface area contributed by atoms with Gasteiger partial charge >= 0.3 is 0 Å². The number of hydrogen-bond donors (Lipinski definition) is 2. The van der Waals surface area contributed by atoms with E-state index >= 15 is 0 Å². The number of amides is 1. The van der Waals surface area contributed by atoms with E-state index in [2.05, 4.69) is 22.1 Å². The summed E-state index contributed by atoms with van der Waals surface area (Å²) < 4.78 is 0. The molecule has 0 atom stereocenters. The Hall–Kier alpha value is -1.62. The minimum absolute atomic E-state index is 0.330. The van der Waals surface area contributed by atoms with Crippen LogP contribution in [0.25, 0.3) is 0 Å². The molecule has 1 saturated heterocycles. The monoisotopic (exact) mass is 234 g/mol. The first-order chi connectivity index (χ1) is 8.22. The molecule has 2 rings (SSSR count). The summed E-state index contributed by atoms with van der Waals surface area (Å²) in [5.74, 6) is 0.365. The third-order valence-electron chi connectivity index (χ3n) is 2.95. The molecule has 1 amide bonds. The zero-order valence-corrected chi connectivity index (χ0v) is 10.0. The Morgan fingerprint density at radius 3 is 2.88 bits per heavy atom. The third kappa shape index (κ3) is 2.55. The first kappa shape index (κ1) is 11.9. The number of aromatic nitrogens is 1. The van der Waals surface area contributed by atoms with Gasteiger partial charge in [-0.15, -0.1) is 0 Å². The van der Waals surface area contributed by atoms with Crippen molar-refractivity contribution in [1.82, 2.24) is 10.3 Å². The Labute approximate surface area is 101 Å². The fourth-order valence-corrected chi connectivity index (χ4v) is 1.94. The summed E-state index contributed by atoms with van der Waals surface area (Å²) in [7, 11) is 0. The number of carbonyl (C=O) groups is 1. The van der Waals surface area contributed by atoms with Gasteiger partial charge in [0.2, 0.25) is 0 Å². The normalized spacial score (nSPS) is 15.4. The van der Waals surface area contributed by atoms with Crippen LogP contribution < -0.4 is 16.0 Å². The summed E-state index contributed by atoms with van der Waals surface area (Å²) in [4.78, 5) is 17.7. The molecule has 0 spiro atoms. The van der Waals surface area contributed by atoms with E-state index in [9.17, 15) is 4.79 Å². The molecule has 3 N–H and O–H groups in total. The van der Waals surface area contributed by atoms with Crippen LogP contribution in [-0.4, -0.2) is 36.6 Å². The predicted molar refractivity (Wildman–Crippen MR) is 67.0 cm³/mol. The summed E-state index contributed by atoms with van der Waals surface area (Å²) in [5, 5.41) is 3.25. The lowest BCUT2D eigenvalue weighted by Crippen LogP contribution is -2.57. The molecular weight excluding hydrogens is 216 g/mol. The number of primary amides is 1. The molecule has 5 heteroatoms. The maximum Gasteiger partial charge on any atom is 0.267 e. The quantitative estimate of drug-likeness (QED) is 0.772. The summed E-state index contributed by atoms with van der Waals surface area (Å²) in [5.41, 5.74) is 5.58. The van der Waals surface area contributed by atoms with E-state index in [4.69, 9.17) is 5.73 Å². The standard InChI is InChI=1S/C12H18N4O/c1-2-6-16(9-7-14-8-9)11-5-3-4-10(15-11)12(13)17/h3-5,9,14H,2,6-8H2,1H3,(H2,13,17). The smallest absolute Gasteiger partial charge is 0.267 e. The van der Waals surface area contributed by atoms with E-state index in [1.807, 2.05) is 12.1 Å². The van der Waals surface area contributed by atoms with Gasteiger partial charge in [0, 0.05) is 19.6 Å². The summed E-state index contributed by atoms with van der Waals surface area (Å²) in [6.45, 7) is 5.03. The Kier molecular flexibility index (Phi) is 3.58. The summed E-state index contributed by atoms with van der Waals surface area (Å²) in [6.07, 6.45) is 1.05. The molecule has 1 fully saturated rings. The highest BCUT2D eigenvalue weighted by Gasteiger charge is 2.25. The molecule has 17 heavy (non-hydrogen) atoms. The largest absolute Gasteiger partial charge is 0.364 e. The minimum atomic E-state index is -0.477. The molecule has 1 aromatic heterocycles. The van der Waals surface area contributed by atoms with Crippen LogP contribution in [-0.2, 0) is 0 Å². The number of nitrogens with zero attached hydrogens (tertiary/aromatic N) is 2. The second-order valence-corrected chi connectivity index (χ2v) is 4.25. The SMILES string of the molecule is CCCN(c1cccc(C(N)=O)n1)C1CNC1. The minimum Gasteiger partial charge on any atom is -0.364 e. The number of rotatable bonds is 5. The highest BCUT2D eigenvalue weighted by Crippen LogP contribution is 2.17. The Morgan fingerprint density at radius 2 is 2.35 bits per heavy atom. The number of nitrogens with one attached hydrogen (secondary N) is 1. The molecule has 1 aliphatic rings. The number of carbonyl (C=O) groups excluding carboxylic acids is 1. The lowest BCUT2D eigenvalue weighted by atomic mass is 10.1. The molecule has 0 aromatic carbocycles. The van der Waals surface area contributed by atoms with Crippen molar-refractivity contribution in [3.05, 3.63) is 23.9 Å². The number of hydrogen-bond acceptors (Lipinski definition) is 4. The highest BCUT2D eigenvalue weighted by atomic mass is 16.1. The molecule has 0 unspecified atom stereocenters. The lowest BCUT2D eigenvalue weighted by molar-refractivity contribution is 0.0995. The van der Waals surface area contributed by atoms with Crippen LogP contribution in [0.5, 0.6) is 0 Å². The summed E-state index contributed by atoms with van der Waals surface area (Å²) in [6, 6.07) is 5.89. The van der Waals surface area contributed by atoms with Crippen LogP contribution in [0.2, 0.25) is 0 Å². The van der Waals surface area contributed by atoms with Gasteiger partial charge in [-0.3, -0.25) is 4.79 Å². The van der Waals surface area contributed by atoms with Crippen molar-refractivity contribution in [1.29, 1.82) is 0 Å². The van der Waals surface area contributed by atoms with Crippen LogP contribution in [0.4, 0.5) is 5.82 Å². The first-order valence-electron chi connectivity index (χ1n) is 5.96. The predicted octanol–water partition coefficient (Wildman–Crippen LogP) is 0.369. The van der Waals surface area contributed by atoms with Crippen molar-refractivity contribution < 1.29 is 4.79 Å². The molecule has 0 radical (unpaired) electrons. The fraction of sp³-hybridized carbons (Fsp3) is 0.500. The van der Waals surface area contributed by atoms with Gasteiger partial charge < -0.3 is 16.0 Å². The number of pyridine rings is 1. The van der Waals surface area contributed by atoms with E-state index in [1.165, 1.54) is 0 Å². The van der Waals surface area contributed by atoms with Gasteiger partial charge in [0.05, 0.1) is 6.04 Å². The van der Waals surface area contributed by atoms with Gasteiger partial charge in [-0.1, -0.05) is 13.0 Å². The Balaban J connectivity index is 2.22. The van der Waals surface area contributed by atoms with Crippen molar-refractivity contribution in [2.24, 2.45) is 5.73 Å². The van der Waals surface area contributed by atoms with Crippen molar-refractivity contribution in [3.63, 3.8) is 0 Å². The van der Waals surface area contributed by atoms with Crippen LogP contribution in [0.15, 0.2) is 18.2 Å². The zero-order valence-electron chi connectivity index (χ0n) is 10.0. The molecule has 0 bridgehead atoms. The van der Waals surface area contributed by atoms with E-state index in [-0.39, 0.29) is 0 Å². The Bertz CT molecular complexity index is 403. The van der Waals surface area contributed by atoms with Crippen molar-refractivity contribution in [2.45, 2.75) is 19.4 Å². The topological polar surface area (TPSA) is 71.2 Å². The molecule has 0 saturated carbocycles. The van der Waals surface area contributed by atoms with Gasteiger partial charge in [0.1, 0.15) is 11.5 Å². The molecule has 92 valence electrons. The van der Waals surface area contributed by atoms with Crippen LogP contribution >= 0.6 is 0 Å². The fourth-order valence-electron chi connectivity index (χ4n) is 1.94. The molecule has 0 aliphatic carbocycles. The van der Waals surface area contributed by atoms with Crippen molar-refractivity contribution in [3.8, 4) is 0 Å². The molecule has 2 heterocycles. The van der Waals surface area contributed by atoms with Crippen molar-refractivity contribution >= 4 is 11.7 Å². The van der Waals surface area contributed by atoms with E-state index < -0.39 is 5.91 Å². The average molecular weight is 234 g/mol. The van der Waals surface area contributed by atoms with Crippen LogP contribution in [0.1, 0.15) is 23.8 Å². The Morgan fingerprint density at radius 1 is 1.59 bits per heavy atom. The van der Waals surface area contributed by atoms with E-state index in [1.54, 1.807) is 6.07 Å². The second-order valence-electron chi connectivity index (χ2n) is 4.25. The van der Waals surface area contributed by atoms with Crippen LogP contribution in [0, 0.1) is 0 Å². The van der Waals surface area contributed by atoms with Gasteiger partial charge in [-0.25, -0.2) is 4.98 Å². The van der Waals surface area contributed by atoms with Gasteiger partial charge in [-0.05, 0) is 18.6 Å². The van der Waals surface area contributed by atoms with Gasteiger partial charge in [0.25, 0.3) is 5.91 Å². The zero-order chi connectivity index (χ0) is 12.3. The number of anilines is 1. The van der Waals surface area contributed by atoms with E-state index in [0.29, 0.717) is 11.7 Å². The molecular formula is C12H18N4O. The maximum atomic E-state index is 11.1. The highest BCUT2D eigenvalue weighted by molar-refractivity contribution is 5.91. The van der Waals surface area contributed by atoms with Crippen LogP contribution in [0.3, 0.4) is 0 Å². The van der Waals surface area contributed by atoms with Gasteiger partial charge in [0.15, 0.2) is 0 Å². The second kappa shape index (κ2) is 5.14. The first-order valence-corrected chi connectivity index (χ1v) is 5.96. The maximum absolute atomic E-state index is 11.1. The lowest BCUT2D eigenvalue weighted by Gasteiger charge is -2.39. The van der Waals surface area contributed by atoms with Gasteiger partial charge in [-0.2, -0.15) is 0 Å². The third-order valence-corrected chi connectivity index (χ3v) is 2.95. The molecule has 5 nitrogen and oxygen atoms in total.